The van der Waals surface area contributed by atoms with E-state index in [0.717, 1.165) is 0 Å². The number of hydrogen-bond acceptors (Lipinski definition) is 3. The number of para-hydroxylation sites is 1. The molecule has 4 heteroatoms. The molecule has 0 unspecified atom stereocenters. The minimum atomic E-state index is -0.805. The van der Waals surface area contributed by atoms with Crippen molar-refractivity contribution in [1.29, 1.82) is 0 Å². The molecule has 14 heavy (non-hydrogen) atoms. The van der Waals surface area contributed by atoms with Gasteiger partial charge in [-0.15, -0.1) is 0 Å². The quantitative estimate of drug-likeness (QED) is 0.507. The van der Waals surface area contributed by atoms with Crippen molar-refractivity contribution in [2.45, 2.75) is 19.4 Å². The van der Waals surface area contributed by atoms with Gasteiger partial charge in [0.25, 0.3) is 0 Å². The minimum Gasteiger partial charge on any atom is -0.419 e. The second-order valence-electron chi connectivity index (χ2n) is 3.76. The zero-order valence-electron chi connectivity index (χ0n) is 7.93. The summed E-state index contributed by atoms with van der Waals surface area (Å²) in [5.41, 5.74) is -0.296. The van der Waals surface area contributed by atoms with Crippen LogP contribution in [0.15, 0.2) is 18.2 Å². The number of carbonyl (C=O) groups excluding carboxylic acids is 1. The van der Waals surface area contributed by atoms with Crippen molar-refractivity contribution < 1.29 is 13.9 Å². The van der Waals surface area contributed by atoms with Gasteiger partial charge in [0.1, 0.15) is 5.54 Å². The molecule has 74 valence electrons. The molecule has 0 radical (unpaired) electrons. The van der Waals surface area contributed by atoms with E-state index in [1.54, 1.807) is 26.0 Å². The topological polar surface area (TPSA) is 38.3 Å². The summed E-state index contributed by atoms with van der Waals surface area (Å²) in [6.07, 6.45) is 0. The van der Waals surface area contributed by atoms with Gasteiger partial charge >= 0.3 is 5.97 Å². The van der Waals surface area contributed by atoms with E-state index in [1.807, 2.05) is 0 Å². The summed E-state index contributed by atoms with van der Waals surface area (Å²) in [7, 11) is 0. The van der Waals surface area contributed by atoms with Crippen LogP contribution in [0, 0.1) is 5.82 Å². The lowest BCUT2D eigenvalue weighted by Crippen LogP contribution is -2.46. The third-order valence-corrected chi connectivity index (χ3v) is 2.12. The molecule has 1 aliphatic rings. The lowest BCUT2D eigenvalue weighted by atomic mass is 10.0. The summed E-state index contributed by atoms with van der Waals surface area (Å²) in [5.74, 6) is -1.02. The van der Waals surface area contributed by atoms with Crippen LogP contribution in [0.25, 0.3) is 0 Å². The molecule has 0 atom stereocenters. The Balaban J connectivity index is 2.51. The monoisotopic (exact) mass is 195 g/mol. The molecule has 2 rings (SSSR count). The zero-order chi connectivity index (χ0) is 10.3. The normalized spacial score (nSPS) is 18.1. The molecule has 0 saturated carbocycles. The van der Waals surface area contributed by atoms with Gasteiger partial charge in [-0.25, -0.2) is 9.18 Å². The van der Waals surface area contributed by atoms with Gasteiger partial charge in [0.2, 0.25) is 0 Å². The van der Waals surface area contributed by atoms with Crippen molar-refractivity contribution in [3.8, 4) is 5.75 Å². The van der Waals surface area contributed by atoms with Gasteiger partial charge in [-0.05, 0) is 26.0 Å². The van der Waals surface area contributed by atoms with Gasteiger partial charge in [0.05, 0.1) is 5.69 Å². The van der Waals surface area contributed by atoms with Crippen molar-refractivity contribution >= 4 is 11.7 Å². The van der Waals surface area contributed by atoms with E-state index in [9.17, 15) is 9.18 Å². The third-order valence-electron chi connectivity index (χ3n) is 2.12. The molecule has 1 aliphatic heterocycles. The fourth-order valence-corrected chi connectivity index (χ4v) is 1.32. The molecule has 0 aliphatic carbocycles. The maximum Gasteiger partial charge on any atom is 0.336 e. The van der Waals surface area contributed by atoms with Crippen molar-refractivity contribution in [2.75, 3.05) is 5.32 Å². The molecular weight excluding hydrogens is 185 g/mol. The van der Waals surface area contributed by atoms with Crippen LogP contribution in [0.1, 0.15) is 13.8 Å². The molecule has 1 aromatic rings. The lowest BCUT2D eigenvalue weighted by molar-refractivity contribution is -0.139. The Kier molecular flexibility index (Phi) is 1.74. The van der Waals surface area contributed by atoms with E-state index >= 15 is 0 Å². The summed E-state index contributed by atoms with van der Waals surface area (Å²) in [6.45, 7) is 3.37. The number of anilines is 1. The summed E-state index contributed by atoms with van der Waals surface area (Å²) in [4.78, 5) is 11.4. The maximum atomic E-state index is 13.2. The van der Waals surface area contributed by atoms with Crippen LogP contribution >= 0.6 is 0 Å². The van der Waals surface area contributed by atoms with Crippen molar-refractivity contribution in [3.05, 3.63) is 24.0 Å². The second-order valence-corrected chi connectivity index (χ2v) is 3.76. The van der Waals surface area contributed by atoms with Crippen LogP contribution in [0.3, 0.4) is 0 Å². The first kappa shape index (κ1) is 8.99. The summed E-state index contributed by atoms with van der Waals surface area (Å²) in [5, 5.41) is 2.91. The predicted octanol–water partition coefficient (Wildman–Crippen LogP) is 1.94. The first-order valence-corrected chi connectivity index (χ1v) is 4.30. The van der Waals surface area contributed by atoms with Crippen LogP contribution in [0.2, 0.25) is 0 Å². The molecule has 0 saturated heterocycles. The Hall–Kier alpha value is -1.58. The Morgan fingerprint density at radius 1 is 1.43 bits per heavy atom. The van der Waals surface area contributed by atoms with Crippen LogP contribution in [-0.2, 0) is 4.79 Å². The smallest absolute Gasteiger partial charge is 0.336 e. The zero-order valence-corrected chi connectivity index (χ0v) is 7.93. The first-order valence-electron chi connectivity index (χ1n) is 4.30. The standard InChI is InChI=1S/C10H10FNO2/c1-10(2)9(13)14-8-6(11)4-3-5-7(8)12-10/h3-5,12H,1-2H3. The number of fused-ring (bicyclic) bond motifs is 1. The predicted molar refractivity (Wildman–Crippen MR) is 49.7 cm³/mol. The summed E-state index contributed by atoms with van der Waals surface area (Å²) < 4.78 is 18.1. The molecule has 1 N–H and O–H groups in total. The highest BCUT2D eigenvalue weighted by molar-refractivity contribution is 5.90. The fraction of sp³-hybridized carbons (Fsp3) is 0.300. The molecular formula is C10H10FNO2. The van der Waals surface area contributed by atoms with Gasteiger partial charge in [-0.1, -0.05) is 6.07 Å². The molecule has 1 aromatic carbocycles. The first-order chi connectivity index (χ1) is 6.50. The Bertz CT molecular complexity index is 401. The fourth-order valence-electron chi connectivity index (χ4n) is 1.32. The maximum absolute atomic E-state index is 13.2. The van der Waals surface area contributed by atoms with Crippen LogP contribution in [0.4, 0.5) is 10.1 Å². The Morgan fingerprint density at radius 2 is 2.14 bits per heavy atom. The van der Waals surface area contributed by atoms with Gasteiger partial charge < -0.3 is 10.1 Å². The number of nitrogens with one attached hydrogen (secondary N) is 1. The van der Waals surface area contributed by atoms with Crippen LogP contribution in [-0.4, -0.2) is 11.5 Å². The molecule has 0 spiro atoms. The molecule has 0 aromatic heterocycles. The molecule has 3 nitrogen and oxygen atoms in total. The molecule has 0 amide bonds. The average Bonchev–Trinajstić information content (AvgIpc) is 2.08. The van der Waals surface area contributed by atoms with E-state index in [0.29, 0.717) is 5.69 Å². The SMILES string of the molecule is CC1(C)Nc2cccc(F)c2OC1=O. The largest absolute Gasteiger partial charge is 0.419 e. The van der Waals surface area contributed by atoms with Crippen LogP contribution in [0.5, 0.6) is 5.75 Å². The lowest BCUT2D eigenvalue weighted by Gasteiger charge is -2.31. The van der Waals surface area contributed by atoms with E-state index in [1.165, 1.54) is 6.07 Å². The second kappa shape index (κ2) is 2.70. The van der Waals surface area contributed by atoms with E-state index in [4.69, 9.17) is 4.74 Å². The van der Waals surface area contributed by atoms with Crippen molar-refractivity contribution in [1.82, 2.24) is 0 Å². The van der Waals surface area contributed by atoms with Crippen LogP contribution < -0.4 is 10.1 Å². The number of esters is 1. The molecule has 1 heterocycles. The summed E-state index contributed by atoms with van der Waals surface area (Å²) in [6, 6.07) is 4.50. The van der Waals surface area contributed by atoms with Gasteiger partial charge in [-0.3, -0.25) is 0 Å². The molecule has 0 bridgehead atoms. The number of rotatable bonds is 0. The molecule has 0 fully saturated rings. The van der Waals surface area contributed by atoms with Crippen molar-refractivity contribution in [3.63, 3.8) is 0 Å². The number of benzene rings is 1. The number of halogens is 1. The van der Waals surface area contributed by atoms with E-state index in [2.05, 4.69) is 5.32 Å². The highest BCUT2D eigenvalue weighted by atomic mass is 19.1. The van der Waals surface area contributed by atoms with E-state index < -0.39 is 17.3 Å². The van der Waals surface area contributed by atoms with E-state index in [-0.39, 0.29) is 5.75 Å². The highest BCUT2D eigenvalue weighted by Crippen LogP contribution is 2.34. The third kappa shape index (κ3) is 1.23. The van der Waals surface area contributed by atoms with Crippen molar-refractivity contribution in [2.24, 2.45) is 0 Å². The van der Waals surface area contributed by atoms with Gasteiger partial charge in [-0.2, -0.15) is 0 Å². The minimum absolute atomic E-state index is 0.0168. The Labute approximate surface area is 80.9 Å². The Morgan fingerprint density at radius 3 is 2.86 bits per heavy atom. The highest BCUT2D eigenvalue weighted by Gasteiger charge is 2.36. The average molecular weight is 195 g/mol. The number of carbonyl (C=O) groups is 1. The van der Waals surface area contributed by atoms with Gasteiger partial charge in [0.15, 0.2) is 11.6 Å². The summed E-state index contributed by atoms with van der Waals surface area (Å²) >= 11 is 0. The van der Waals surface area contributed by atoms with Gasteiger partial charge in [0, 0.05) is 0 Å². The number of ether oxygens (including phenoxy) is 1. The number of hydrogen-bond donors (Lipinski definition) is 1.